The van der Waals surface area contributed by atoms with Crippen molar-refractivity contribution < 1.29 is 27.9 Å². The van der Waals surface area contributed by atoms with E-state index < -0.39 is 12.1 Å². The summed E-state index contributed by atoms with van der Waals surface area (Å²) < 4.78 is 33.1. The molecule has 2 unspecified atom stereocenters. The number of nitrogens with zero attached hydrogens (tertiary/aromatic N) is 3. The zero-order chi connectivity index (χ0) is 34.3. The number of carbonyl (C=O) groups excluding carboxylic acids is 1. The third-order valence-corrected chi connectivity index (χ3v) is 7.59. The first-order valence-electron chi connectivity index (χ1n) is 14.6. The van der Waals surface area contributed by atoms with E-state index >= 15 is 0 Å². The first-order valence-corrected chi connectivity index (χ1v) is 15.0. The van der Waals surface area contributed by atoms with E-state index in [1.54, 1.807) is 6.20 Å². The van der Waals surface area contributed by atoms with Crippen LogP contribution >= 0.6 is 11.6 Å². The Morgan fingerprint density at radius 1 is 0.979 bits per heavy atom. The summed E-state index contributed by atoms with van der Waals surface area (Å²) in [5.74, 6) is -2.76. The number of aromatic nitrogens is 2. The Bertz CT molecular complexity index is 1760. The molecule has 1 aliphatic rings. The average Bonchev–Trinajstić information content (AvgIpc) is 3.01. The Morgan fingerprint density at radius 2 is 1.57 bits per heavy atom. The first kappa shape index (κ1) is 35.0. The number of hydrogen-bond donors (Lipinski definition) is 4. The molecule has 5 rings (SSSR count). The van der Waals surface area contributed by atoms with Crippen molar-refractivity contribution in [3.05, 3.63) is 105 Å². The topological polar surface area (TPSA) is 129 Å². The summed E-state index contributed by atoms with van der Waals surface area (Å²) in [4.78, 5) is 36.9. The molecule has 47 heavy (non-hydrogen) atoms. The minimum Gasteiger partial charge on any atom is -0.475 e. The Kier molecular flexibility index (Phi) is 11.3. The van der Waals surface area contributed by atoms with Crippen LogP contribution in [0.3, 0.4) is 0 Å². The highest BCUT2D eigenvalue weighted by atomic mass is 35.5. The number of urea groups is 1. The molecule has 3 aromatic carbocycles. The number of carboxylic acid groups (broad SMARTS) is 1. The van der Waals surface area contributed by atoms with Crippen LogP contribution in [-0.2, 0) is 11.3 Å². The summed E-state index contributed by atoms with van der Waals surface area (Å²) in [6.07, 6.45) is -3.42. The van der Waals surface area contributed by atoms with Crippen LogP contribution in [0.5, 0.6) is 0 Å². The fraction of sp³-hybridized carbons (Fsp3) is 0.273. The lowest BCUT2D eigenvalue weighted by molar-refractivity contribution is -0.192. The molecule has 4 N–H and O–H groups in total. The van der Waals surface area contributed by atoms with Crippen LogP contribution in [0.2, 0.25) is 5.02 Å². The summed E-state index contributed by atoms with van der Waals surface area (Å²) in [6.45, 7) is 7.86. The number of rotatable bonds is 6. The number of carboxylic acids is 1. The number of aliphatic carboxylic acids is 1. The number of nitrogens with one attached hydrogen (secondary N) is 3. The maximum absolute atomic E-state index is 13.1. The number of carbonyl (C=O) groups is 2. The molecule has 14 heteroatoms. The van der Waals surface area contributed by atoms with E-state index in [2.05, 4.69) is 39.8 Å². The monoisotopic (exact) mass is 670 g/mol. The predicted octanol–water partition coefficient (Wildman–Crippen LogP) is 6.38. The molecule has 0 radical (unpaired) electrons. The quantitative estimate of drug-likeness (QED) is 0.187. The lowest BCUT2D eigenvalue weighted by atomic mass is 10.1. The molecule has 2 heterocycles. The van der Waals surface area contributed by atoms with Crippen molar-refractivity contribution >= 4 is 40.7 Å². The van der Waals surface area contributed by atoms with Crippen LogP contribution in [0, 0.1) is 6.92 Å². The summed E-state index contributed by atoms with van der Waals surface area (Å²) in [6, 6.07) is 23.6. The Morgan fingerprint density at radius 3 is 2.17 bits per heavy atom. The second-order valence-corrected chi connectivity index (χ2v) is 11.5. The summed E-state index contributed by atoms with van der Waals surface area (Å²) in [5, 5.41) is 21.0. The van der Waals surface area contributed by atoms with Gasteiger partial charge in [0, 0.05) is 36.5 Å². The van der Waals surface area contributed by atoms with Crippen molar-refractivity contribution in [2.24, 2.45) is 0 Å². The second-order valence-electron chi connectivity index (χ2n) is 11.2. The Labute approximate surface area is 274 Å². The van der Waals surface area contributed by atoms with Gasteiger partial charge >= 0.3 is 18.2 Å². The van der Waals surface area contributed by atoms with E-state index in [9.17, 15) is 22.8 Å². The highest BCUT2D eigenvalue weighted by molar-refractivity contribution is 6.33. The predicted molar refractivity (Wildman–Crippen MR) is 176 cm³/mol. The molecule has 0 saturated carbocycles. The molecule has 0 spiro atoms. The molecular formula is C33H34ClF3N6O4. The molecule has 1 aromatic heterocycles. The van der Waals surface area contributed by atoms with Gasteiger partial charge in [-0.25, -0.2) is 14.3 Å². The molecule has 0 bridgehead atoms. The molecule has 0 aliphatic carbocycles. The molecule has 4 aromatic rings. The number of amides is 2. The second kappa shape index (κ2) is 15.1. The summed E-state index contributed by atoms with van der Waals surface area (Å²) in [5.41, 5.74) is 5.55. The molecule has 10 nitrogen and oxygen atoms in total. The van der Waals surface area contributed by atoms with Gasteiger partial charge in [-0.2, -0.15) is 18.3 Å². The molecule has 1 fully saturated rings. The van der Waals surface area contributed by atoms with Crippen LogP contribution in [0.15, 0.2) is 83.8 Å². The van der Waals surface area contributed by atoms with Crippen molar-refractivity contribution in [2.75, 3.05) is 28.6 Å². The van der Waals surface area contributed by atoms with E-state index in [-0.39, 0.29) is 35.2 Å². The van der Waals surface area contributed by atoms with Crippen LogP contribution in [0.1, 0.15) is 25.0 Å². The van der Waals surface area contributed by atoms with Gasteiger partial charge in [0.2, 0.25) is 0 Å². The van der Waals surface area contributed by atoms with Gasteiger partial charge < -0.3 is 26.0 Å². The number of piperazine rings is 1. The van der Waals surface area contributed by atoms with E-state index in [0.717, 1.165) is 35.3 Å². The smallest absolute Gasteiger partial charge is 0.475 e. The summed E-state index contributed by atoms with van der Waals surface area (Å²) in [7, 11) is 0. The van der Waals surface area contributed by atoms with Gasteiger partial charge in [-0.05, 0) is 61.2 Å². The molecule has 1 aliphatic heterocycles. The van der Waals surface area contributed by atoms with Gasteiger partial charge in [0.1, 0.15) is 5.02 Å². The SMILES string of the molecule is Cc1ccc(Cn2ncc(N3CC(C)NC(C)C3)c(Cl)c2=O)cc1NC(=O)Nc1ccc(-c2ccccc2)cc1.O=C(O)C(F)(F)F. The number of benzene rings is 3. The Balaban J connectivity index is 0.000000644. The van der Waals surface area contributed by atoms with Gasteiger partial charge in [-0.3, -0.25) is 4.79 Å². The van der Waals surface area contributed by atoms with Crippen LogP contribution in [0.4, 0.5) is 35.0 Å². The van der Waals surface area contributed by atoms with Crippen molar-refractivity contribution in [1.29, 1.82) is 0 Å². The van der Waals surface area contributed by atoms with Crippen molar-refractivity contribution in [2.45, 2.75) is 45.6 Å². The molecular weight excluding hydrogens is 637 g/mol. The van der Waals surface area contributed by atoms with E-state index in [4.69, 9.17) is 21.5 Å². The van der Waals surface area contributed by atoms with Crippen molar-refractivity contribution in [1.82, 2.24) is 15.1 Å². The Hall–Kier alpha value is -4.88. The standard InChI is InChI=1S/C31H33ClN6O2.C2HF3O2/c1-20-9-10-23(19-38-30(39)29(32)28(16-33-38)37-17-21(2)34-22(3)18-37)15-27(20)36-31(40)35-26-13-11-25(12-14-26)24-7-5-4-6-8-24;3-2(4,5)1(6)7/h4-16,21-22,34H,17-19H2,1-3H3,(H2,35,36,40);(H,6,7). The normalized spacial score (nSPS) is 16.1. The lowest BCUT2D eigenvalue weighted by Gasteiger charge is -2.37. The summed E-state index contributed by atoms with van der Waals surface area (Å²) >= 11 is 6.54. The number of hydrogen-bond acceptors (Lipinski definition) is 6. The zero-order valence-corrected chi connectivity index (χ0v) is 26.6. The van der Waals surface area contributed by atoms with Crippen molar-refractivity contribution in [3.8, 4) is 11.1 Å². The van der Waals surface area contributed by atoms with E-state index in [0.29, 0.717) is 17.1 Å². The maximum Gasteiger partial charge on any atom is 0.490 e. The fourth-order valence-electron chi connectivity index (χ4n) is 5.05. The fourth-order valence-corrected chi connectivity index (χ4v) is 5.32. The van der Waals surface area contributed by atoms with Gasteiger partial charge in [-0.1, -0.05) is 66.2 Å². The maximum atomic E-state index is 13.1. The average molecular weight is 671 g/mol. The highest BCUT2D eigenvalue weighted by Gasteiger charge is 2.38. The third kappa shape index (κ3) is 9.56. The molecule has 2 amide bonds. The minimum atomic E-state index is -5.08. The molecule has 2 atom stereocenters. The number of halogens is 4. The minimum absolute atomic E-state index is 0.166. The van der Waals surface area contributed by atoms with Gasteiger partial charge in [0.15, 0.2) is 0 Å². The van der Waals surface area contributed by atoms with Crippen LogP contribution < -0.4 is 26.4 Å². The van der Waals surface area contributed by atoms with Crippen LogP contribution in [0.25, 0.3) is 11.1 Å². The van der Waals surface area contributed by atoms with Gasteiger partial charge in [-0.15, -0.1) is 0 Å². The van der Waals surface area contributed by atoms with Gasteiger partial charge in [0.05, 0.1) is 18.4 Å². The number of alkyl halides is 3. The van der Waals surface area contributed by atoms with Gasteiger partial charge in [0.25, 0.3) is 5.56 Å². The molecule has 1 saturated heterocycles. The zero-order valence-electron chi connectivity index (χ0n) is 25.8. The largest absolute Gasteiger partial charge is 0.490 e. The van der Waals surface area contributed by atoms with E-state index in [1.165, 1.54) is 4.68 Å². The molecule has 248 valence electrons. The van der Waals surface area contributed by atoms with E-state index in [1.807, 2.05) is 79.7 Å². The number of anilines is 3. The number of aryl methyl sites for hydroxylation is 1. The highest BCUT2D eigenvalue weighted by Crippen LogP contribution is 2.25. The first-order chi connectivity index (χ1) is 22.2. The lowest BCUT2D eigenvalue weighted by Crippen LogP contribution is -2.54. The third-order valence-electron chi connectivity index (χ3n) is 7.24. The van der Waals surface area contributed by atoms with Crippen molar-refractivity contribution in [3.63, 3.8) is 0 Å². The van der Waals surface area contributed by atoms with Crippen LogP contribution in [-0.4, -0.2) is 58.2 Å².